The van der Waals surface area contributed by atoms with E-state index in [0.29, 0.717) is 23.7 Å². The Bertz CT molecular complexity index is 1020. The van der Waals surface area contributed by atoms with Crippen molar-refractivity contribution in [1.29, 1.82) is 0 Å². The summed E-state index contributed by atoms with van der Waals surface area (Å²) < 4.78 is 39.4. The summed E-state index contributed by atoms with van der Waals surface area (Å²) in [7, 11) is -2.14. The van der Waals surface area contributed by atoms with Crippen LogP contribution in [-0.4, -0.2) is 21.7 Å². The fourth-order valence-corrected chi connectivity index (χ4v) is 4.17. The molecule has 5 nitrogen and oxygen atoms in total. The largest absolute Gasteiger partial charge is 0.493 e. The van der Waals surface area contributed by atoms with E-state index in [0.717, 1.165) is 16.9 Å². The second-order valence-corrected chi connectivity index (χ2v) is 8.63. The van der Waals surface area contributed by atoms with E-state index in [1.54, 1.807) is 29.6 Å². The molecule has 0 unspecified atom stereocenters. The molecule has 7 heteroatoms. The van der Waals surface area contributed by atoms with Gasteiger partial charge in [0.1, 0.15) is 10.8 Å². The topological polar surface area (TPSA) is 65.0 Å². The summed E-state index contributed by atoms with van der Waals surface area (Å²) in [4.78, 5) is 0. The molecule has 0 aliphatic heterocycles. The first-order chi connectivity index (χ1) is 13.0. The zero-order chi connectivity index (χ0) is 19.3. The van der Waals surface area contributed by atoms with Gasteiger partial charge in [-0.1, -0.05) is 35.9 Å². The minimum absolute atomic E-state index is 0.212. The zero-order valence-electron chi connectivity index (χ0n) is 15.0. The maximum atomic E-state index is 12.1. The molecule has 0 fully saturated rings. The molecule has 0 atom stereocenters. The van der Waals surface area contributed by atoms with Gasteiger partial charge >= 0.3 is 0 Å². The molecule has 0 saturated heterocycles. The first-order valence-electron chi connectivity index (χ1n) is 8.18. The van der Waals surface area contributed by atoms with Crippen LogP contribution in [0.15, 0.2) is 68.6 Å². The number of benzene rings is 2. The third-order valence-corrected chi connectivity index (χ3v) is 6.40. The number of sulfonamides is 1. The number of aryl methyl sites for hydroxylation is 1. The van der Waals surface area contributed by atoms with Crippen molar-refractivity contribution in [1.82, 2.24) is 0 Å². The Morgan fingerprint density at radius 1 is 1.07 bits per heavy atom. The Morgan fingerprint density at radius 3 is 2.52 bits per heavy atom. The van der Waals surface area contributed by atoms with Gasteiger partial charge in [0, 0.05) is 6.21 Å². The number of nitrogens with zero attached hydrogens (tertiary/aromatic N) is 1. The molecule has 0 saturated carbocycles. The van der Waals surface area contributed by atoms with Crippen LogP contribution in [0.5, 0.6) is 11.5 Å². The Balaban J connectivity index is 1.74. The van der Waals surface area contributed by atoms with E-state index in [4.69, 9.17) is 9.47 Å². The van der Waals surface area contributed by atoms with Crippen LogP contribution in [0.2, 0.25) is 0 Å². The molecule has 0 amide bonds. The van der Waals surface area contributed by atoms with Gasteiger partial charge in [0.2, 0.25) is 0 Å². The van der Waals surface area contributed by atoms with E-state index >= 15 is 0 Å². The van der Waals surface area contributed by atoms with Crippen LogP contribution < -0.4 is 9.47 Å². The van der Waals surface area contributed by atoms with Crippen molar-refractivity contribution in [2.45, 2.75) is 17.7 Å². The van der Waals surface area contributed by atoms with Crippen LogP contribution in [0.3, 0.4) is 0 Å². The van der Waals surface area contributed by atoms with Crippen LogP contribution in [0.4, 0.5) is 0 Å². The summed E-state index contributed by atoms with van der Waals surface area (Å²) >= 11 is 1.13. The average Bonchev–Trinajstić information content (AvgIpc) is 3.22. The van der Waals surface area contributed by atoms with Crippen LogP contribution >= 0.6 is 11.3 Å². The molecule has 1 heterocycles. The first-order valence-corrected chi connectivity index (χ1v) is 10.5. The highest BCUT2D eigenvalue weighted by molar-refractivity contribution is 7.92. The van der Waals surface area contributed by atoms with Gasteiger partial charge in [-0.25, -0.2) is 0 Å². The molecular weight excluding hydrogens is 382 g/mol. The third-order valence-electron chi connectivity index (χ3n) is 3.79. The van der Waals surface area contributed by atoms with Gasteiger partial charge in [0.05, 0.1) is 7.11 Å². The zero-order valence-corrected chi connectivity index (χ0v) is 16.6. The van der Waals surface area contributed by atoms with Crippen molar-refractivity contribution in [3.05, 3.63) is 76.7 Å². The lowest BCUT2D eigenvalue weighted by molar-refractivity contribution is 0.284. The smallest absolute Gasteiger partial charge is 0.291 e. The molecule has 27 heavy (non-hydrogen) atoms. The highest BCUT2D eigenvalue weighted by Gasteiger charge is 2.13. The van der Waals surface area contributed by atoms with E-state index in [1.807, 2.05) is 31.2 Å². The van der Waals surface area contributed by atoms with Crippen LogP contribution in [-0.2, 0) is 16.6 Å². The number of hydrogen-bond donors (Lipinski definition) is 0. The van der Waals surface area contributed by atoms with E-state index in [-0.39, 0.29) is 4.21 Å². The van der Waals surface area contributed by atoms with E-state index in [1.165, 1.54) is 25.0 Å². The molecule has 0 spiro atoms. The van der Waals surface area contributed by atoms with Crippen molar-refractivity contribution in [2.24, 2.45) is 4.40 Å². The lowest BCUT2D eigenvalue weighted by Gasteiger charge is -2.11. The Labute approximate surface area is 163 Å². The Hall–Kier alpha value is -2.64. The summed E-state index contributed by atoms with van der Waals surface area (Å²) in [5, 5.41) is 1.70. The highest BCUT2D eigenvalue weighted by Crippen LogP contribution is 2.28. The number of ether oxygens (including phenoxy) is 2. The second-order valence-electron chi connectivity index (χ2n) is 5.83. The van der Waals surface area contributed by atoms with Crippen molar-refractivity contribution in [2.75, 3.05) is 7.11 Å². The van der Waals surface area contributed by atoms with Gasteiger partial charge in [-0.2, -0.15) is 12.8 Å². The van der Waals surface area contributed by atoms with Gasteiger partial charge in [-0.05, 0) is 47.7 Å². The van der Waals surface area contributed by atoms with Crippen LogP contribution in [0.1, 0.15) is 16.7 Å². The van der Waals surface area contributed by atoms with Gasteiger partial charge in [0.15, 0.2) is 11.5 Å². The number of methoxy groups -OCH3 is 1. The fraction of sp³-hybridized carbons (Fsp3) is 0.150. The minimum atomic E-state index is -3.68. The Kier molecular flexibility index (Phi) is 5.93. The summed E-state index contributed by atoms with van der Waals surface area (Å²) in [6.45, 7) is 2.45. The third kappa shape index (κ3) is 4.96. The average molecular weight is 402 g/mol. The molecule has 0 radical (unpaired) electrons. The molecular formula is C20H19NO4S2. The van der Waals surface area contributed by atoms with Crippen molar-refractivity contribution in [3.8, 4) is 11.5 Å². The lowest BCUT2D eigenvalue weighted by atomic mass is 10.2. The first kappa shape index (κ1) is 19.1. The predicted molar refractivity (Wildman–Crippen MR) is 108 cm³/mol. The molecule has 0 bridgehead atoms. The predicted octanol–water partition coefficient (Wildman–Crippen LogP) is 4.45. The van der Waals surface area contributed by atoms with Crippen LogP contribution in [0, 0.1) is 6.92 Å². The summed E-state index contributed by atoms with van der Waals surface area (Å²) in [5.41, 5.74) is 2.85. The van der Waals surface area contributed by atoms with E-state index < -0.39 is 10.0 Å². The van der Waals surface area contributed by atoms with Gasteiger partial charge < -0.3 is 9.47 Å². The van der Waals surface area contributed by atoms with Crippen molar-refractivity contribution in [3.63, 3.8) is 0 Å². The molecule has 0 aliphatic carbocycles. The quantitative estimate of drug-likeness (QED) is 0.549. The summed E-state index contributed by atoms with van der Waals surface area (Å²) in [6, 6.07) is 16.5. The summed E-state index contributed by atoms with van der Waals surface area (Å²) in [5.74, 6) is 1.09. The normalized spacial score (nSPS) is 11.6. The standard InChI is InChI=1S/C20H19NO4S2/c1-15-5-7-16(8-6-15)14-25-18-10-9-17(12-19(18)24-2)13-21-27(22,23)20-4-3-11-26-20/h3-13H,14H2,1-2H3/b21-13-. The molecule has 3 rings (SSSR count). The van der Waals surface area contributed by atoms with E-state index in [2.05, 4.69) is 4.40 Å². The molecule has 0 aliphatic rings. The number of hydrogen-bond acceptors (Lipinski definition) is 5. The minimum Gasteiger partial charge on any atom is -0.493 e. The van der Waals surface area contributed by atoms with Crippen molar-refractivity contribution < 1.29 is 17.9 Å². The summed E-state index contributed by atoms with van der Waals surface area (Å²) in [6.07, 6.45) is 1.31. The lowest BCUT2D eigenvalue weighted by Crippen LogP contribution is -1.99. The highest BCUT2D eigenvalue weighted by atomic mass is 32.2. The molecule has 3 aromatic rings. The second kappa shape index (κ2) is 8.37. The maximum Gasteiger partial charge on any atom is 0.291 e. The van der Waals surface area contributed by atoms with Gasteiger partial charge in [0.25, 0.3) is 10.0 Å². The van der Waals surface area contributed by atoms with Crippen LogP contribution in [0.25, 0.3) is 0 Å². The molecule has 0 N–H and O–H groups in total. The molecule has 2 aromatic carbocycles. The monoisotopic (exact) mass is 401 g/mol. The molecule has 1 aromatic heterocycles. The number of rotatable bonds is 7. The van der Waals surface area contributed by atoms with Crippen molar-refractivity contribution >= 4 is 27.6 Å². The number of thiophene rings is 1. The fourth-order valence-electron chi connectivity index (χ4n) is 2.32. The van der Waals surface area contributed by atoms with Gasteiger partial charge in [-0.15, -0.1) is 11.3 Å². The van der Waals surface area contributed by atoms with E-state index in [9.17, 15) is 8.42 Å². The maximum absolute atomic E-state index is 12.1. The Morgan fingerprint density at radius 2 is 1.85 bits per heavy atom. The SMILES string of the molecule is COc1cc(/C=N\S(=O)(=O)c2cccs2)ccc1OCc1ccc(C)cc1. The van der Waals surface area contributed by atoms with Gasteiger partial charge in [-0.3, -0.25) is 0 Å². The molecule has 140 valence electrons.